The number of carbonyl (C=O) groups excluding carboxylic acids is 1. The fourth-order valence-electron chi connectivity index (χ4n) is 3.85. The molecule has 0 spiro atoms. The fourth-order valence-corrected chi connectivity index (χ4v) is 3.85. The van der Waals surface area contributed by atoms with Crippen LogP contribution in [0.5, 0.6) is 11.5 Å². The zero-order valence-electron chi connectivity index (χ0n) is 15.4. The first-order chi connectivity index (χ1) is 12.2. The third kappa shape index (κ3) is 3.75. The van der Waals surface area contributed by atoms with Gasteiger partial charge >= 0.3 is 0 Å². The predicted molar refractivity (Wildman–Crippen MR) is 95.5 cm³/mol. The van der Waals surface area contributed by atoms with E-state index >= 15 is 0 Å². The average molecular weight is 348 g/mol. The molecule has 0 bridgehead atoms. The van der Waals surface area contributed by atoms with Crippen LogP contribution in [0.1, 0.15) is 30.1 Å². The van der Waals surface area contributed by atoms with Crippen molar-refractivity contribution < 1.29 is 19.0 Å². The number of hydrogen-bond donors (Lipinski definition) is 0. The number of fused-ring (bicyclic) bond motifs is 1. The highest BCUT2D eigenvalue weighted by atomic mass is 16.5. The van der Waals surface area contributed by atoms with Gasteiger partial charge in [0.15, 0.2) is 11.5 Å². The Hall–Kier alpha value is -1.79. The maximum atomic E-state index is 12.9. The van der Waals surface area contributed by atoms with Crippen LogP contribution in [-0.2, 0) is 4.74 Å². The topological polar surface area (TPSA) is 51.2 Å². The number of amides is 1. The number of morpholine rings is 1. The van der Waals surface area contributed by atoms with Crippen molar-refractivity contribution in [2.24, 2.45) is 0 Å². The monoisotopic (exact) mass is 348 g/mol. The minimum Gasteiger partial charge on any atom is -0.493 e. The van der Waals surface area contributed by atoms with Gasteiger partial charge < -0.3 is 19.1 Å². The zero-order chi connectivity index (χ0) is 17.8. The standard InChI is InChI=1S/C19H28N2O4/c1-4-5-15-12-25-13-16-11-20(8-9-21(15)16)19(22)14-6-7-17(23-2)18(10-14)24-3/h6-7,10,15-16H,4-5,8-9,11-13H2,1-3H3/t15-,16+/m0/s1. The van der Waals surface area contributed by atoms with Crippen molar-refractivity contribution in [1.82, 2.24) is 9.80 Å². The maximum absolute atomic E-state index is 12.9. The Labute approximate surface area is 149 Å². The van der Waals surface area contributed by atoms with Crippen LogP contribution in [0.25, 0.3) is 0 Å². The van der Waals surface area contributed by atoms with Crippen molar-refractivity contribution >= 4 is 5.91 Å². The van der Waals surface area contributed by atoms with Crippen molar-refractivity contribution in [1.29, 1.82) is 0 Å². The lowest BCUT2D eigenvalue weighted by Gasteiger charge is -2.48. The molecule has 6 nitrogen and oxygen atoms in total. The summed E-state index contributed by atoms with van der Waals surface area (Å²) in [6.45, 7) is 6.11. The highest BCUT2D eigenvalue weighted by Crippen LogP contribution is 2.29. The summed E-state index contributed by atoms with van der Waals surface area (Å²) in [5.41, 5.74) is 0.632. The van der Waals surface area contributed by atoms with E-state index < -0.39 is 0 Å². The molecule has 2 saturated heterocycles. The molecule has 6 heteroatoms. The first-order valence-electron chi connectivity index (χ1n) is 9.02. The van der Waals surface area contributed by atoms with Crippen molar-refractivity contribution in [2.75, 3.05) is 47.1 Å². The summed E-state index contributed by atoms with van der Waals surface area (Å²) in [7, 11) is 3.17. The van der Waals surface area contributed by atoms with Crippen LogP contribution in [0.3, 0.4) is 0 Å². The lowest BCUT2D eigenvalue weighted by atomic mass is 10.0. The molecule has 138 valence electrons. The van der Waals surface area contributed by atoms with Crippen LogP contribution >= 0.6 is 0 Å². The third-order valence-electron chi connectivity index (χ3n) is 5.16. The van der Waals surface area contributed by atoms with E-state index in [1.54, 1.807) is 32.4 Å². The Morgan fingerprint density at radius 3 is 2.72 bits per heavy atom. The second kappa shape index (κ2) is 8.06. The molecule has 1 amide bonds. The largest absolute Gasteiger partial charge is 0.493 e. The molecule has 2 atom stereocenters. The van der Waals surface area contributed by atoms with Gasteiger partial charge in [-0.25, -0.2) is 0 Å². The molecule has 0 N–H and O–H groups in total. The summed E-state index contributed by atoms with van der Waals surface area (Å²) in [5, 5.41) is 0. The van der Waals surface area contributed by atoms with Gasteiger partial charge in [0.05, 0.1) is 33.5 Å². The van der Waals surface area contributed by atoms with Crippen LogP contribution in [0.2, 0.25) is 0 Å². The van der Waals surface area contributed by atoms with Gasteiger partial charge in [-0.2, -0.15) is 0 Å². The molecule has 0 aliphatic carbocycles. The number of benzene rings is 1. The van der Waals surface area contributed by atoms with E-state index in [9.17, 15) is 4.79 Å². The number of ether oxygens (including phenoxy) is 3. The van der Waals surface area contributed by atoms with Crippen molar-refractivity contribution in [2.45, 2.75) is 31.8 Å². The van der Waals surface area contributed by atoms with E-state index in [0.29, 0.717) is 42.3 Å². The Kier molecular flexibility index (Phi) is 5.81. The highest BCUT2D eigenvalue weighted by molar-refractivity contribution is 5.95. The maximum Gasteiger partial charge on any atom is 0.254 e. The number of nitrogens with zero attached hydrogens (tertiary/aromatic N) is 2. The zero-order valence-corrected chi connectivity index (χ0v) is 15.4. The van der Waals surface area contributed by atoms with Gasteiger partial charge in [0.2, 0.25) is 0 Å². The molecule has 25 heavy (non-hydrogen) atoms. The normalized spacial score (nSPS) is 23.9. The number of carbonyl (C=O) groups is 1. The van der Waals surface area contributed by atoms with E-state index in [4.69, 9.17) is 14.2 Å². The average Bonchev–Trinajstić information content (AvgIpc) is 2.66. The second-order valence-electron chi connectivity index (χ2n) is 6.69. The number of methoxy groups -OCH3 is 2. The Bertz CT molecular complexity index is 605. The smallest absolute Gasteiger partial charge is 0.254 e. The van der Waals surface area contributed by atoms with Gasteiger partial charge in [-0.1, -0.05) is 13.3 Å². The molecule has 0 radical (unpaired) electrons. The van der Waals surface area contributed by atoms with Crippen LogP contribution in [0.15, 0.2) is 18.2 Å². The van der Waals surface area contributed by atoms with E-state index in [0.717, 1.165) is 32.5 Å². The van der Waals surface area contributed by atoms with Gasteiger partial charge in [0, 0.05) is 31.2 Å². The van der Waals surface area contributed by atoms with Gasteiger partial charge in [-0.3, -0.25) is 9.69 Å². The molecule has 1 aromatic rings. The lowest BCUT2D eigenvalue weighted by molar-refractivity contribution is -0.0776. The second-order valence-corrected chi connectivity index (χ2v) is 6.69. The van der Waals surface area contributed by atoms with Gasteiger partial charge in [-0.15, -0.1) is 0 Å². The molecule has 0 aromatic heterocycles. The molecule has 0 saturated carbocycles. The van der Waals surface area contributed by atoms with E-state index in [1.165, 1.54) is 0 Å². The molecule has 0 unspecified atom stereocenters. The van der Waals surface area contributed by atoms with Crippen molar-refractivity contribution in [3.63, 3.8) is 0 Å². The summed E-state index contributed by atoms with van der Waals surface area (Å²) in [5.74, 6) is 1.25. The van der Waals surface area contributed by atoms with Crippen LogP contribution < -0.4 is 9.47 Å². The number of rotatable bonds is 5. The predicted octanol–water partition coefficient (Wildman–Crippen LogP) is 2.03. The van der Waals surface area contributed by atoms with E-state index in [2.05, 4.69) is 11.8 Å². The lowest BCUT2D eigenvalue weighted by Crippen LogP contribution is -2.62. The van der Waals surface area contributed by atoms with Crippen LogP contribution in [0.4, 0.5) is 0 Å². The summed E-state index contributed by atoms with van der Waals surface area (Å²) < 4.78 is 16.4. The van der Waals surface area contributed by atoms with Gasteiger partial charge in [0.25, 0.3) is 5.91 Å². The Balaban J connectivity index is 1.70. The minimum atomic E-state index is 0.0400. The molecule has 3 rings (SSSR count). The Morgan fingerprint density at radius 2 is 2.00 bits per heavy atom. The quantitative estimate of drug-likeness (QED) is 0.815. The molecule has 2 aliphatic rings. The molecular formula is C19H28N2O4. The SMILES string of the molecule is CCC[C@H]1COC[C@H]2CN(C(=O)c3ccc(OC)c(OC)c3)CCN12. The summed E-state index contributed by atoms with van der Waals surface area (Å²) in [6.07, 6.45) is 2.31. The van der Waals surface area contributed by atoms with Gasteiger partial charge in [-0.05, 0) is 24.6 Å². The van der Waals surface area contributed by atoms with Crippen molar-refractivity contribution in [3.05, 3.63) is 23.8 Å². The van der Waals surface area contributed by atoms with E-state index in [1.807, 2.05) is 4.90 Å². The van der Waals surface area contributed by atoms with E-state index in [-0.39, 0.29) is 5.91 Å². The fraction of sp³-hybridized carbons (Fsp3) is 0.632. The minimum absolute atomic E-state index is 0.0400. The summed E-state index contributed by atoms with van der Waals surface area (Å²) in [4.78, 5) is 17.4. The summed E-state index contributed by atoms with van der Waals surface area (Å²) in [6, 6.07) is 6.12. The van der Waals surface area contributed by atoms with Crippen LogP contribution in [0, 0.1) is 0 Å². The first-order valence-corrected chi connectivity index (χ1v) is 9.02. The molecular weight excluding hydrogens is 320 g/mol. The molecule has 1 aromatic carbocycles. The van der Waals surface area contributed by atoms with Gasteiger partial charge in [0.1, 0.15) is 0 Å². The van der Waals surface area contributed by atoms with Crippen molar-refractivity contribution in [3.8, 4) is 11.5 Å². The Morgan fingerprint density at radius 1 is 1.20 bits per heavy atom. The number of piperazine rings is 1. The summed E-state index contributed by atoms with van der Waals surface area (Å²) >= 11 is 0. The molecule has 2 aliphatic heterocycles. The molecule has 2 heterocycles. The first kappa shape index (κ1) is 18.0. The molecule has 2 fully saturated rings. The highest BCUT2D eigenvalue weighted by Gasteiger charge is 2.36. The van der Waals surface area contributed by atoms with Crippen LogP contribution in [-0.4, -0.2) is 74.9 Å². The number of hydrogen-bond acceptors (Lipinski definition) is 5. The third-order valence-corrected chi connectivity index (χ3v) is 5.16.